The molecule has 0 saturated heterocycles. The van der Waals surface area contributed by atoms with E-state index in [2.05, 4.69) is 5.32 Å². The molecule has 5 heteroatoms. The van der Waals surface area contributed by atoms with Gasteiger partial charge in [0.2, 0.25) is 5.91 Å². The van der Waals surface area contributed by atoms with E-state index < -0.39 is 0 Å². The molecule has 0 aliphatic rings. The van der Waals surface area contributed by atoms with Gasteiger partial charge >= 0.3 is 0 Å². The van der Waals surface area contributed by atoms with Gasteiger partial charge in [-0.2, -0.15) is 0 Å². The van der Waals surface area contributed by atoms with Gasteiger partial charge in [-0.15, -0.1) is 11.8 Å². The molecule has 0 spiro atoms. The van der Waals surface area contributed by atoms with Gasteiger partial charge in [-0.3, -0.25) is 4.79 Å². The second kappa shape index (κ2) is 7.59. The Morgan fingerprint density at radius 1 is 1.19 bits per heavy atom. The molecule has 110 valence electrons. The molecule has 0 aromatic heterocycles. The van der Waals surface area contributed by atoms with Gasteiger partial charge in [-0.25, -0.2) is 0 Å². The summed E-state index contributed by atoms with van der Waals surface area (Å²) in [6.07, 6.45) is 2.28. The van der Waals surface area contributed by atoms with Crippen LogP contribution >= 0.6 is 11.8 Å². The van der Waals surface area contributed by atoms with Crippen molar-refractivity contribution >= 4 is 29.0 Å². The lowest BCUT2D eigenvalue weighted by Crippen LogP contribution is -2.15. The number of benzene rings is 2. The maximum atomic E-state index is 11.9. The van der Waals surface area contributed by atoms with E-state index in [4.69, 9.17) is 10.5 Å². The Bertz CT molecular complexity index is 599. The van der Waals surface area contributed by atoms with Crippen LogP contribution in [0.5, 0.6) is 5.75 Å². The molecule has 0 radical (unpaired) electrons. The SMILES string of the molecule is CSc1ccccc1NC(=O)CCOc1ccc(N)cc1. The number of nitrogens with one attached hydrogen (secondary N) is 1. The standard InChI is InChI=1S/C16H18N2O2S/c1-21-15-5-3-2-4-14(15)18-16(19)10-11-20-13-8-6-12(17)7-9-13/h2-9H,10-11,17H2,1H3,(H,18,19). The van der Waals surface area contributed by atoms with Gasteiger partial charge in [0.25, 0.3) is 0 Å². The Kier molecular flexibility index (Phi) is 5.51. The smallest absolute Gasteiger partial charge is 0.227 e. The van der Waals surface area contributed by atoms with Crippen LogP contribution in [0.25, 0.3) is 0 Å². The average molecular weight is 302 g/mol. The van der Waals surface area contributed by atoms with Gasteiger partial charge in [0.15, 0.2) is 0 Å². The minimum atomic E-state index is -0.0630. The molecule has 0 aliphatic heterocycles. The molecular weight excluding hydrogens is 284 g/mol. The maximum absolute atomic E-state index is 11.9. The first-order valence-corrected chi connectivity index (χ1v) is 7.82. The number of carbonyl (C=O) groups excluding carboxylic acids is 1. The molecule has 2 aromatic rings. The van der Waals surface area contributed by atoms with E-state index in [1.165, 1.54) is 0 Å². The summed E-state index contributed by atoms with van der Waals surface area (Å²) < 4.78 is 5.50. The molecule has 0 unspecified atom stereocenters. The zero-order valence-corrected chi connectivity index (χ0v) is 12.7. The third-order valence-corrected chi connectivity index (χ3v) is 3.65. The van der Waals surface area contributed by atoms with Gasteiger partial charge in [0.1, 0.15) is 5.75 Å². The van der Waals surface area contributed by atoms with Crippen molar-refractivity contribution in [2.75, 3.05) is 23.9 Å². The first-order chi connectivity index (χ1) is 10.2. The molecule has 0 fully saturated rings. The molecule has 3 N–H and O–H groups in total. The van der Waals surface area contributed by atoms with Crippen molar-refractivity contribution in [3.8, 4) is 5.75 Å². The zero-order chi connectivity index (χ0) is 15.1. The van der Waals surface area contributed by atoms with E-state index in [1.807, 2.05) is 30.5 Å². The number of nitrogens with two attached hydrogens (primary N) is 1. The molecule has 2 rings (SSSR count). The number of hydrogen-bond acceptors (Lipinski definition) is 4. The largest absolute Gasteiger partial charge is 0.493 e. The van der Waals surface area contributed by atoms with Crippen LogP contribution in [0.1, 0.15) is 6.42 Å². The quantitative estimate of drug-likeness (QED) is 0.634. The van der Waals surface area contributed by atoms with Gasteiger partial charge < -0.3 is 15.8 Å². The highest BCUT2D eigenvalue weighted by molar-refractivity contribution is 7.98. The normalized spacial score (nSPS) is 10.1. The predicted octanol–water partition coefficient (Wildman–Crippen LogP) is 3.40. The van der Waals surface area contributed by atoms with Crippen LogP contribution < -0.4 is 15.8 Å². The molecule has 1 amide bonds. The van der Waals surface area contributed by atoms with Gasteiger partial charge in [-0.05, 0) is 42.7 Å². The van der Waals surface area contributed by atoms with Crippen LogP contribution in [0, 0.1) is 0 Å². The number of hydrogen-bond donors (Lipinski definition) is 2. The number of rotatable bonds is 6. The monoisotopic (exact) mass is 302 g/mol. The average Bonchev–Trinajstić information content (AvgIpc) is 2.50. The fourth-order valence-corrected chi connectivity index (χ4v) is 2.34. The number of carbonyl (C=O) groups is 1. The fraction of sp³-hybridized carbons (Fsp3) is 0.188. The van der Waals surface area contributed by atoms with Crippen molar-refractivity contribution < 1.29 is 9.53 Å². The number of anilines is 2. The van der Waals surface area contributed by atoms with Crippen LogP contribution in [0.3, 0.4) is 0 Å². The minimum Gasteiger partial charge on any atom is -0.493 e. The highest BCUT2D eigenvalue weighted by atomic mass is 32.2. The highest BCUT2D eigenvalue weighted by Gasteiger charge is 2.06. The van der Waals surface area contributed by atoms with Crippen LogP contribution in [-0.4, -0.2) is 18.8 Å². The van der Waals surface area contributed by atoms with Crippen LogP contribution in [0.2, 0.25) is 0 Å². The molecule has 0 heterocycles. The summed E-state index contributed by atoms with van der Waals surface area (Å²) in [5.74, 6) is 0.647. The summed E-state index contributed by atoms with van der Waals surface area (Å²) >= 11 is 1.60. The molecule has 0 bridgehead atoms. The van der Waals surface area contributed by atoms with Crippen LogP contribution in [-0.2, 0) is 4.79 Å². The minimum absolute atomic E-state index is 0.0630. The Balaban J connectivity index is 1.81. The van der Waals surface area contributed by atoms with E-state index in [1.54, 1.807) is 36.0 Å². The van der Waals surface area contributed by atoms with Gasteiger partial charge in [0, 0.05) is 10.6 Å². The van der Waals surface area contributed by atoms with Gasteiger partial charge in [-0.1, -0.05) is 12.1 Å². The second-order valence-electron chi connectivity index (χ2n) is 4.42. The first-order valence-electron chi connectivity index (χ1n) is 6.60. The van der Waals surface area contributed by atoms with E-state index in [0.717, 1.165) is 10.6 Å². The van der Waals surface area contributed by atoms with Crippen molar-refractivity contribution in [1.82, 2.24) is 0 Å². The summed E-state index contributed by atoms with van der Waals surface area (Å²) in [7, 11) is 0. The predicted molar refractivity (Wildman–Crippen MR) is 87.8 cm³/mol. The molecular formula is C16H18N2O2S. The molecule has 0 saturated carbocycles. The number of amides is 1. The van der Waals surface area contributed by atoms with E-state index in [-0.39, 0.29) is 5.91 Å². The summed E-state index contributed by atoms with van der Waals surface area (Å²) in [6.45, 7) is 0.331. The summed E-state index contributed by atoms with van der Waals surface area (Å²) in [6, 6.07) is 14.8. The number of nitrogen functional groups attached to an aromatic ring is 1. The number of thioether (sulfide) groups is 1. The second-order valence-corrected chi connectivity index (χ2v) is 5.26. The number of para-hydroxylation sites is 1. The lowest BCUT2D eigenvalue weighted by Gasteiger charge is -2.10. The van der Waals surface area contributed by atoms with E-state index in [9.17, 15) is 4.79 Å². The lowest BCUT2D eigenvalue weighted by atomic mass is 10.3. The third-order valence-electron chi connectivity index (χ3n) is 2.86. The van der Waals surface area contributed by atoms with Crippen LogP contribution in [0.15, 0.2) is 53.4 Å². The first kappa shape index (κ1) is 15.3. The summed E-state index contributed by atoms with van der Waals surface area (Å²) in [5, 5.41) is 2.90. The van der Waals surface area contributed by atoms with Crippen molar-refractivity contribution in [2.45, 2.75) is 11.3 Å². The molecule has 4 nitrogen and oxygen atoms in total. The topological polar surface area (TPSA) is 64.3 Å². The maximum Gasteiger partial charge on any atom is 0.227 e. The molecule has 21 heavy (non-hydrogen) atoms. The Labute approximate surface area is 128 Å². The van der Waals surface area contributed by atoms with Crippen molar-refractivity contribution in [3.05, 3.63) is 48.5 Å². The Morgan fingerprint density at radius 3 is 2.62 bits per heavy atom. The van der Waals surface area contributed by atoms with E-state index in [0.29, 0.717) is 24.5 Å². The Morgan fingerprint density at radius 2 is 1.90 bits per heavy atom. The van der Waals surface area contributed by atoms with Crippen LogP contribution in [0.4, 0.5) is 11.4 Å². The lowest BCUT2D eigenvalue weighted by molar-refractivity contribution is -0.116. The van der Waals surface area contributed by atoms with Gasteiger partial charge in [0.05, 0.1) is 18.7 Å². The fourth-order valence-electron chi connectivity index (χ4n) is 1.79. The highest BCUT2D eigenvalue weighted by Crippen LogP contribution is 2.24. The molecule has 2 aromatic carbocycles. The molecule has 0 atom stereocenters. The van der Waals surface area contributed by atoms with E-state index >= 15 is 0 Å². The third kappa shape index (κ3) is 4.72. The number of ether oxygens (including phenoxy) is 1. The zero-order valence-electron chi connectivity index (χ0n) is 11.8. The Hall–Kier alpha value is -2.14. The van der Waals surface area contributed by atoms with Crippen molar-refractivity contribution in [3.63, 3.8) is 0 Å². The summed E-state index contributed by atoms with van der Waals surface area (Å²) in [4.78, 5) is 13.0. The molecule has 0 aliphatic carbocycles. The van der Waals surface area contributed by atoms with Crippen molar-refractivity contribution in [2.24, 2.45) is 0 Å². The van der Waals surface area contributed by atoms with Crippen molar-refractivity contribution in [1.29, 1.82) is 0 Å². The summed E-state index contributed by atoms with van der Waals surface area (Å²) in [5.41, 5.74) is 7.12.